The lowest BCUT2D eigenvalue weighted by Crippen LogP contribution is -2.28. The molecule has 2 atom stereocenters. The van der Waals surface area contributed by atoms with Gasteiger partial charge in [0, 0.05) is 17.8 Å². The lowest BCUT2D eigenvalue weighted by atomic mass is 10.0. The summed E-state index contributed by atoms with van der Waals surface area (Å²) >= 11 is 0. The largest absolute Gasteiger partial charge is 0.387 e. The van der Waals surface area contributed by atoms with Crippen molar-refractivity contribution in [1.29, 1.82) is 0 Å². The molecule has 0 fully saturated rings. The average Bonchev–Trinajstić information content (AvgIpc) is 2.19. The van der Waals surface area contributed by atoms with Crippen LogP contribution in [0.25, 0.3) is 0 Å². The van der Waals surface area contributed by atoms with Crippen molar-refractivity contribution in [1.82, 2.24) is 4.98 Å². The first kappa shape index (κ1) is 10.9. The van der Waals surface area contributed by atoms with Crippen molar-refractivity contribution in [2.24, 2.45) is 5.73 Å². The molecule has 1 aromatic heterocycles. The number of aliphatic hydroxyl groups is 1. The van der Waals surface area contributed by atoms with E-state index in [0.29, 0.717) is 17.8 Å². The van der Waals surface area contributed by atoms with Gasteiger partial charge in [-0.3, -0.25) is 0 Å². The number of rotatable bonds is 3. The van der Waals surface area contributed by atoms with Crippen LogP contribution in [0.4, 0.5) is 5.82 Å². The second-order valence-corrected chi connectivity index (χ2v) is 3.50. The lowest BCUT2D eigenvalue weighted by molar-refractivity contribution is 0.145. The topological polar surface area (TPSA) is 85.2 Å². The molecule has 4 nitrogen and oxygen atoms in total. The number of nitrogen functional groups attached to an aromatic ring is 1. The average molecular weight is 195 g/mol. The Morgan fingerprint density at radius 1 is 1.57 bits per heavy atom. The molecule has 14 heavy (non-hydrogen) atoms. The van der Waals surface area contributed by atoms with Gasteiger partial charge in [0.1, 0.15) is 5.82 Å². The van der Waals surface area contributed by atoms with E-state index in [4.69, 9.17) is 11.5 Å². The van der Waals surface area contributed by atoms with Crippen LogP contribution in [0.1, 0.15) is 30.6 Å². The normalized spacial score (nSPS) is 15.1. The summed E-state index contributed by atoms with van der Waals surface area (Å²) in [6.45, 7) is 3.83. The molecular weight excluding hydrogens is 178 g/mol. The number of pyridine rings is 1. The SMILES string of the molecule is CC[C@H](N)[C@H](O)c1cc(C)cnc1N. The fourth-order valence-corrected chi connectivity index (χ4v) is 1.29. The van der Waals surface area contributed by atoms with E-state index < -0.39 is 6.10 Å². The van der Waals surface area contributed by atoms with Crippen molar-refractivity contribution in [3.63, 3.8) is 0 Å². The van der Waals surface area contributed by atoms with Crippen LogP contribution >= 0.6 is 0 Å². The molecule has 0 unspecified atom stereocenters. The van der Waals surface area contributed by atoms with Crippen LogP contribution in [0.15, 0.2) is 12.3 Å². The number of anilines is 1. The molecule has 78 valence electrons. The minimum absolute atomic E-state index is 0.291. The summed E-state index contributed by atoms with van der Waals surface area (Å²) in [4.78, 5) is 3.98. The van der Waals surface area contributed by atoms with Crippen LogP contribution in [0.3, 0.4) is 0 Å². The van der Waals surface area contributed by atoms with Crippen molar-refractivity contribution in [2.45, 2.75) is 32.4 Å². The van der Waals surface area contributed by atoms with Gasteiger partial charge >= 0.3 is 0 Å². The summed E-state index contributed by atoms with van der Waals surface area (Å²) in [5, 5.41) is 9.85. The van der Waals surface area contributed by atoms with Gasteiger partial charge in [0.05, 0.1) is 6.10 Å². The van der Waals surface area contributed by atoms with Crippen molar-refractivity contribution in [3.8, 4) is 0 Å². The van der Waals surface area contributed by atoms with Gasteiger partial charge in [0.15, 0.2) is 0 Å². The van der Waals surface area contributed by atoms with E-state index in [1.54, 1.807) is 6.20 Å². The van der Waals surface area contributed by atoms with Gasteiger partial charge in [0.25, 0.3) is 0 Å². The Morgan fingerprint density at radius 2 is 2.21 bits per heavy atom. The first-order chi connectivity index (χ1) is 6.56. The summed E-state index contributed by atoms with van der Waals surface area (Å²) in [6, 6.07) is 1.53. The highest BCUT2D eigenvalue weighted by Crippen LogP contribution is 2.22. The predicted molar refractivity (Wildman–Crippen MR) is 56.6 cm³/mol. The molecule has 0 saturated heterocycles. The van der Waals surface area contributed by atoms with Crippen LogP contribution in [0, 0.1) is 6.92 Å². The summed E-state index contributed by atoms with van der Waals surface area (Å²) in [6.07, 6.45) is 1.64. The van der Waals surface area contributed by atoms with E-state index in [2.05, 4.69) is 4.98 Å². The highest BCUT2D eigenvalue weighted by atomic mass is 16.3. The second-order valence-electron chi connectivity index (χ2n) is 3.50. The van der Waals surface area contributed by atoms with E-state index in [-0.39, 0.29) is 6.04 Å². The van der Waals surface area contributed by atoms with E-state index in [9.17, 15) is 5.11 Å². The molecule has 0 amide bonds. The molecular formula is C10H17N3O. The predicted octanol–water partition coefficient (Wildman–Crippen LogP) is 0.743. The quantitative estimate of drug-likeness (QED) is 0.664. The first-order valence-corrected chi connectivity index (χ1v) is 4.72. The molecule has 0 spiro atoms. The van der Waals surface area contributed by atoms with Crippen LogP contribution in [-0.2, 0) is 0 Å². The summed E-state index contributed by atoms with van der Waals surface area (Å²) < 4.78 is 0. The van der Waals surface area contributed by atoms with E-state index in [0.717, 1.165) is 5.56 Å². The Hall–Kier alpha value is -1.13. The Morgan fingerprint density at radius 3 is 2.79 bits per heavy atom. The zero-order valence-electron chi connectivity index (χ0n) is 8.57. The summed E-state index contributed by atoms with van der Waals surface area (Å²) in [7, 11) is 0. The third kappa shape index (κ3) is 2.21. The molecule has 0 bridgehead atoms. The second kappa shape index (κ2) is 4.39. The smallest absolute Gasteiger partial charge is 0.129 e. The van der Waals surface area contributed by atoms with Crippen molar-refractivity contribution in [2.75, 3.05) is 5.73 Å². The van der Waals surface area contributed by atoms with Gasteiger partial charge in [-0.1, -0.05) is 6.92 Å². The fourth-order valence-electron chi connectivity index (χ4n) is 1.29. The Balaban J connectivity index is 2.99. The Kier molecular flexibility index (Phi) is 3.43. The molecule has 0 aliphatic rings. The number of hydrogen-bond donors (Lipinski definition) is 3. The standard InChI is InChI=1S/C10H17N3O/c1-3-8(11)9(14)7-4-6(2)5-13-10(7)12/h4-5,8-9,14H,3,11H2,1-2H3,(H2,12,13)/t8-,9+/m0/s1. The van der Waals surface area contributed by atoms with Crippen LogP contribution < -0.4 is 11.5 Å². The number of aromatic nitrogens is 1. The van der Waals surface area contributed by atoms with Crippen molar-refractivity contribution in [3.05, 3.63) is 23.4 Å². The number of nitrogens with two attached hydrogens (primary N) is 2. The van der Waals surface area contributed by atoms with Gasteiger partial charge in [0.2, 0.25) is 0 Å². The highest BCUT2D eigenvalue weighted by molar-refractivity contribution is 5.42. The van der Waals surface area contributed by atoms with E-state index in [1.807, 2.05) is 19.9 Å². The zero-order chi connectivity index (χ0) is 10.7. The van der Waals surface area contributed by atoms with Gasteiger partial charge in [-0.25, -0.2) is 4.98 Å². The van der Waals surface area contributed by atoms with E-state index in [1.165, 1.54) is 0 Å². The molecule has 4 heteroatoms. The van der Waals surface area contributed by atoms with Gasteiger partial charge in [-0.15, -0.1) is 0 Å². The molecule has 0 radical (unpaired) electrons. The molecule has 0 aliphatic heterocycles. The van der Waals surface area contributed by atoms with E-state index >= 15 is 0 Å². The number of aryl methyl sites for hydroxylation is 1. The minimum atomic E-state index is -0.729. The number of aliphatic hydroxyl groups excluding tert-OH is 1. The summed E-state index contributed by atoms with van der Waals surface area (Å²) in [5.41, 5.74) is 13.0. The van der Waals surface area contributed by atoms with Gasteiger partial charge in [-0.05, 0) is 25.0 Å². The maximum absolute atomic E-state index is 9.85. The highest BCUT2D eigenvalue weighted by Gasteiger charge is 2.18. The van der Waals surface area contributed by atoms with Crippen LogP contribution in [0.2, 0.25) is 0 Å². The molecule has 0 saturated carbocycles. The monoisotopic (exact) mass is 195 g/mol. The zero-order valence-corrected chi connectivity index (χ0v) is 8.57. The van der Waals surface area contributed by atoms with Crippen LogP contribution in [0.5, 0.6) is 0 Å². The molecule has 0 aliphatic carbocycles. The van der Waals surface area contributed by atoms with Crippen molar-refractivity contribution >= 4 is 5.82 Å². The third-order valence-corrected chi connectivity index (χ3v) is 2.28. The summed E-state index contributed by atoms with van der Waals surface area (Å²) in [5.74, 6) is 0.354. The molecule has 0 aromatic carbocycles. The van der Waals surface area contributed by atoms with Gasteiger partial charge in [-0.2, -0.15) is 0 Å². The van der Waals surface area contributed by atoms with Crippen molar-refractivity contribution < 1.29 is 5.11 Å². The Labute approximate surface area is 83.9 Å². The molecule has 1 rings (SSSR count). The lowest BCUT2D eigenvalue weighted by Gasteiger charge is -2.18. The van der Waals surface area contributed by atoms with Gasteiger partial charge < -0.3 is 16.6 Å². The maximum atomic E-state index is 9.85. The Bertz CT molecular complexity index is 314. The third-order valence-electron chi connectivity index (χ3n) is 2.28. The number of nitrogens with zero attached hydrogens (tertiary/aromatic N) is 1. The van der Waals surface area contributed by atoms with Crippen LogP contribution in [-0.4, -0.2) is 16.1 Å². The number of hydrogen-bond acceptors (Lipinski definition) is 4. The minimum Gasteiger partial charge on any atom is -0.387 e. The maximum Gasteiger partial charge on any atom is 0.129 e. The first-order valence-electron chi connectivity index (χ1n) is 4.72. The molecule has 1 heterocycles. The molecule has 1 aromatic rings. The molecule has 5 N–H and O–H groups in total. The fraction of sp³-hybridized carbons (Fsp3) is 0.500.